The highest BCUT2D eigenvalue weighted by Crippen LogP contribution is 2.35. The third-order valence-electron chi connectivity index (χ3n) is 3.50. The van der Waals surface area contributed by atoms with E-state index in [4.69, 9.17) is 10.6 Å². The van der Waals surface area contributed by atoms with E-state index in [9.17, 15) is 0 Å². The zero-order valence-corrected chi connectivity index (χ0v) is 12.6. The van der Waals surface area contributed by atoms with Crippen LogP contribution < -0.4 is 16.0 Å². The highest BCUT2D eigenvalue weighted by Gasteiger charge is 2.21. The molecule has 1 atom stereocenters. The predicted molar refractivity (Wildman–Crippen MR) is 81.3 cm³/mol. The number of halogens is 1. The van der Waals surface area contributed by atoms with E-state index >= 15 is 0 Å². The number of nitrogens with one attached hydrogen (secondary N) is 1. The van der Waals surface area contributed by atoms with Crippen LogP contribution in [0.5, 0.6) is 5.75 Å². The number of hydrazine groups is 1. The van der Waals surface area contributed by atoms with E-state index < -0.39 is 0 Å². The molecule has 104 valence electrons. The lowest BCUT2D eigenvalue weighted by Crippen LogP contribution is -2.30. The third kappa shape index (κ3) is 2.70. The first kappa shape index (κ1) is 13.5. The van der Waals surface area contributed by atoms with Crippen molar-refractivity contribution >= 4 is 15.9 Å². The van der Waals surface area contributed by atoms with E-state index in [1.165, 1.54) is 5.56 Å². The summed E-state index contributed by atoms with van der Waals surface area (Å²) in [5, 5.41) is 0. The number of benzene rings is 1. The zero-order chi connectivity index (χ0) is 13.9. The van der Waals surface area contributed by atoms with Crippen LogP contribution in [0, 0.1) is 0 Å². The summed E-state index contributed by atoms with van der Waals surface area (Å²) >= 11 is 3.56. The van der Waals surface area contributed by atoms with Gasteiger partial charge in [-0.3, -0.25) is 16.3 Å². The number of nitrogens with zero attached hydrogens (tertiary/aromatic N) is 1. The number of rotatable bonds is 4. The second kappa shape index (κ2) is 5.91. The molecule has 0 saturated heterocycles. The molecule has 1 aliphatic rings. The molecule has 5 heteroatoms. The first-order valence-corrected chi connectivity index (χ1v) is 7.38. The quantitative estimate of drug-likeness (QED) is 0.666. The molecule has 4 nitrogen and oxygen atoms in total. The van der Waals surface area contributed by atoms with Gasteiger partial charge in [0.2, 0.25) is 0 Å². The van der Waals surface area contributed by atoms with Crippen LogP contribution >= 0.6 is 15.9 Å². The van der Waals surface area contributed by atoms with E-state index in [2.05, 4.69) is 38.5 Å². The molecule has 0 saturated carbocycles. The van der Waals surface area contributed by atoms with Crippen LogP contribution in [0.2, 0.25) is 0 Å². The fraction of sp³-hybridized carbons (Fsp3) is 0.267. The van der Waals surface area contributed by atoms with Crippen LogP contribution in [0.3, 0.4) is 0 Å². The highest BCUT2D eigenvalue weighted by molar-refractivity contribution is 9.10. The van der Waals surface area contributed by atoms with Gasteiger partial charge in [0.25, 0.3) is 0 Å². The average Bonchev–Trinajstić information content (AvgIpc) is 2.93. The van der Waals surface area contributed by atoms with Crippen LogP contribution in [0.15, 0.2) is 41.0 Å². The minimum atomic E-state index is -0.0289. The number of fused-ring (bicyclic) bond motifs is 1. The Morgan fingerprint density at radius 1 is 1.40 bits per heavy atom. The number of aromatic nitrogens is 1. The summed E-state index contributed by atoms with van der Waals surface area (Å²) in [6, 6.07) is 10.0. The van der Waals surface area contributed by atoms with Gasteiger partial charge in [0.05, 0.1) is 18.3 Å². The van der Waals surface area contributed by atoms with Gasteiger partial charge in [0, 0.05) is 17.1 Å². The molecule has 0 radical (unpaired) electrons. The van der Waals surface area contributed by atoms with Crippen LogP contribution in [0.4, 0.5) is 0 Å². The van der Waals surface area contributed by atoms with Crippen molar-refractivity contribution in [1.82, 2.24) is 10.4 Å². The summed E-state index contributed by atoms with van der Waals surface area (Å²) in [7, 11) is 0. The largest absolute Gasteiger partial charge is 0.493 e. The van der Waals surface area contributed by atoms with Crippen LogP contribution in [-0.4, -0.2) is 11.6 Å². The third-order valence-corrected chi connectivity index (χ3v) is 3.95. The Labute approximate surface area is 126 Å². The normalized spacial score (nSPS) is 14.7. The average molecular weight is 334 g/mol. The summed E-state index contributed by atoms with van der Waals surface area (Å²) in [4.78, 5) is 4.37. The van der Waals surface area contributed by atoms with Crippen LogP contribution in [0.25, 0.3) is 0 Å². The monoisotopic (exact) mass is 333 g/mol. The van der Waals surface area contributed by atoms with Crippen molar-refractivity contribution in [2.45, 2.75) is 18.9 Å². The van der Waals surface area contributed by atoms with E-state index in [-0.39, 0.29) is 6.04 Å². The van der Waals surface area contributed by atoms with Gasteiger partial charge in [-0.2, -0.15) is 0 Å². The number of hydrogen-bond donors (Lipinski definition) is 2. The van der Waals surface area contributed by atoms with Crippen LogP contribution in [0.1, 0.15) is 22.9 Å². The molecule has 2 heterocycles. The van der Waals surface area contributed by atoms with Crippen molar-refractivity contribution in [2.75, 3.05) is 6.61 Å². The number of hydrogen-bond acceptors (Lipinski definition) is 4. The van der Waals surface area contributed by atoms with Gasteiger partial charge in [-0.15, -0.1) is 0 Å². The minimum Gasteiger partial charge on any atom is -0.493 e. The lowest BCUT2D eigenvalue weighted by molar-refractivity contribution is 0.351. The molecule has 1 unspecified atom stereocenters. The first-order chi connectivity index (χ1) is 9.78. The Kier molecular flexibility index (Phi) is 4.00. The SMILES string of the molecule is NNC(Cc1cc(Br)cc2c1OCC2)c1ccccn1. The number of ether oxygens (including phenoxy) is 1. The summed E-state index contributed by atoms with van der Waals surface area (Å²) in [6.45, 7) is 0.753. The fourth-order valence-electron chi connectivity index (χ4n) is 2.55. The molecule has 1 aliphatic heterocycles. The van der Waals surface area contributed by atoms with E-state index in [1.54, 1.807) is 6.20 Å². The molecule has 3 N–H and O–H groups in total. The standard InChI is InChI=1S/C15H16BrN3O/c16-12-7-10-4-6-20-15(10)11(8-12)9-14(19-17)13-3-1-2-5-18-13/h1-3,5,7-8,14,19H,4,6,9,17H2. The van der Waals surface area contributed by atoms with Crippen molar-refractivity contribution in [3.63, 3.8) is 0 Å². The molecule has 0 amide bonds. The molecule has 0 bridgehead atoms. The van der Waals surface area contributed by atoms with Gasteiger partial charge in [-0.05, 0) is 41.8 Å². The summed E-state index contributed by atoms with van der Waals surface area (Å²) in [5.41, 5.74) is 6.19. The zero-order valence-electron chi connectivity index (χ0n) is 11.0. The molecule has 1 aromatic carbocycles. The van der Waals surface area contributed by atoms with Gasteiger partial charge in [0.15, 0.2) is 0 Å². The van der Waals surface area contributed by atoms with E-state index in [0.29, 0.717) is 0 Å². The summed E-state index contributed by atoms with van der Waals surface area (Å²) in [6.07, 6.45) is 3.49. The molecule has 3 rings (SSSR count). The van der Waals surface area contributed by atoms with E-state index in [1.807, 2.05) is 18.2 Å². The van der Waals surface area contributed by atoms with Gasteiger partial charge in [0.1, 0.15) is 5.75 Å². The lowest BCUT2D eigenvalue weighted by atomic mass is 10.00. The Bertz CT molecular complexity index is 604. The Balaban J connectivity index is 1.91. The predicted octanol–water partition coefficient (Wildman–Crippen LogP) is 2.53. The van der Waals surface area contributed by atoms with E-state index in [0.717, 1.165) is 40.9 Å². The van der Waals surface area contributed by atoms with Crippen molar-refractivity contribution < 1.29 is 4.74 Å². The number of nitrogens with two attached hydrogens (primary N) is 1. The molecular weight excluding hydrogens is 318 g/mol. The maximum atomic E-state index is 5.76. The van der Waals surface area contributed by atoms with Crippen LogP contribution in [-0.2, 0) is 12.8 Å². The molecule has 20 heavy (non-hydrogen) atoms. The molecule has 0 spiro atoms. The topological polar surface area (TPSA) is 60.2 Å². The smallest absolute Gasteiger partial charge is 0.125 e. The second-order valence-corrected chi connectivity index (χ2v) is 5.75. The summed E-state index contributed by atoms with van der Waals surface area (Å²) in [5.74, 6) is 6.70. The lowest BCUT2D eigenvalue weighted by Gasteiger charge is -2.17. The Morgan fingerprint density at radius 2 is 2.30 bits per heavy atom. The van der Waals surface area contributed by atoms with Crippen molar-refractivity contribution in [2.24, 2.45) is 5.84 Å². The molecule has 0 aliphatic carbocycles. The van der Waals surface area contributed by atoms with Crippen molar-refractivity contribution in [1.29, 1.82) is 0 Å². The maximum Gasteiger partial charge on any atom is 0.125 e. The van der Waals surface area contributed by atoms with Gasteiger partial charge in [-0.1, -0.05) is 22.0 Å². The van der Waals surface area contributed by atoms with Gasteiger partial charge in [-0.25, -0.2) is 0 Å². The Morgan fingerprint density at radius 3 is 3.05 bits per heavy atom. The highest BCUT2D eigenvalue weighted by atomic mass is 79.9. The summed E-state index contributed by atoms with van der Waals surface area (Å²) < 4.78 is 6.83. The van der Waals surface area contributed by atoms with Crippen molar-refractivity contribution in [3.05, 3.63) is 57.8 Å². The second-order valence-electron chi connectivity index (χ2n) is 4.83. The molecule has 0 fully saturated rings. The molecule has 2 aromatic rings. The fourth-order valence-corrected chi connectivity index (χ4v) is 3.10. The molecule has 1 aromatic heterocycles. The van der Waals surface area contributed by atoms with Gasteiger partial charge >= 0.3 is 0 Å². The molecular formula is C15H16BrN3O. The van der Waals surface area contributed by atoms with Crippen molar-refractivity contribution in [3.8, 4) is 5.75 Å². The minimum absolute atomic E-state index is 0.0289. The Hall–Kier alpha value is -1.43. The first-order valence-electron chi connectivity index (χ1n) is 6.59. The van der Waals surface area contributed by atoms with Gasteiger partial charge < -0.3 is 4.74 Å². The maximum absolute atomic E-state index is 5.76. The number of pyridine rings is 1.